The number of nitrogens with one attached hydrogen (secondary N) is 1. The van der Waals surface area contributed by atoms with Crippen LogP contribution in [0.2, 0.25) is 0 Å². The van der Waals surface area contributed by atoms with Gasteiger partial charge in [0.1, 0.15) is 0 Å². The van der Waals surface area contributed by atoms with Gasteiger partial charge in [-0.1, -0.05) is 6.07 Å². The summed E-state index contributed by atoms with van der Waals surface area (Å²) in [5.74, 6) is 6.26. The van der Waals surface area contributed by atoms with Crippen molar-refractivity contribution >= 4 is 0 Å². The molecule has 3 N–H and O–H groups in total. The van der Waals surface area contributed by atoms with Gasteiger partial charge >= 0.3 is 0 Å². The lowest BCUT2D eigenvalue weighted by Gasteiger charge is -2.25. The Morgan fingerprint density at radius 2 is 2.25 bits per heavy atom. The van der Waals surface area contributed by atoms with Gasteiger partial charge in [-0.15, -0.1) is 0 Å². The summed E-state index contributed by atoms with van der Waals surface area (Å²) in [6.45, 7) is 1.98. The van der Waals surface area contributed by atoms with Crippen LogP contribution in [0.1, 0.15) is 30.1 Å². The van der Waals surface area contributed by atoms with Gasteiger partial charge < -0.3 is 4.74 Å². The molecule has 88 valence electrons. The van der Waals surface area contributed by atoms with Crippen molar-refractivity contribution in [1.29, 1.82) is 0 Å². The summed E-state index contributed by atoms with van der Waals surface area (Å²) in [6, 6.07) is 4.09. The predicted molar refractivity (Wildman–Crippen MR) is 62.6 cm³/mol. The van der Waals surface area contributed by atoms with Crippen LogP contribution in [0.4, 0.5) is 0 Å². The van der Waals surface area contributed by atoms with Crippen LogP contribution in [0.15, 0.2) is 18.3 Å². The van der Waals surface area contributed by atoms with Crippen LogP contribution in [0.3, 0.4) is 0 Å². The van der Waals surface area contributed by atoms with Gasteiger partial charge in [-0.05, 0) is 37.3 Å². The smallest absolute Gasteiger partial charge is 0.0807 e. The van der Waals surface area contributed by atoms with Crippen LogP contribution in [0, 0.1) is 12.8 Å². The van der Waals surface area contributed by atoms with E-state index in [9.17, 15) is 0 Å². The van der Waals surface area contributed by atoms with E-state index in [-0.39, 0.29) is 12.1 Å². The zero-order valence-corrected chi connectivity index (χ0v) is 9.81. The quantitative estimate of drug-likeness (QED) is 0.581. The average molecular weight is 221 g/mol. The molecular weight excluding hydrogens is 202 g/mol. The number of methoxy groups -OCH3 is 1. The summed E-state index contributed by atoms with van der Waals surface area (Å²) in [7, 11) is 1.74. The molecule has 16 heavy (non-hydrogen) atoms. The Balaban J connectivity index is 2.16. The molecule has 1 aliphatic carbocycles. The van der Waals surface area contributed by atoms with Crippen LogP contribution in [-0.4, -0.2) is 18.2 Å². The Morgan fingerprint density at radius 3 is 2.69 bits per heavy atom. The largest absolute Gasteiger partial charge is 0.379 e. The molecule has 0 spiro atoms. The van der Waals surface area contributed by atoms with E-state index >= 15 is 0 Å². The van der Waals surface area contributed by atoms with Gasteiger partial charge in [0.25, 0.3) is 0 Å². The summed E-state index contributed by atoms with van der Waals surface area (Å²) < 4.78 is 5.54. The topological polar surface area (TPSA) is 60.2 Å². The van der Waals surface area contributed by atoms with E-state index in [4.69, 9.17) is 10.6 Å². The Labute approximate surface area is 96.2 Å². The molecule has 0 amide bonds. The number of nitrogens with two attached hydrogens (primary N) is 1. The first-order chi connectivity index (χ1) is 7.76. The highest BCUT2D eigenvalue weighted by Crippen LogP contribution is 2.39. The van der Waals surface area contributed by atoms with Gasteiger partial charge in [0.15, 0.2) is 0 Å². The number of nitrogens with zero attached hydrogens (tertiary/aromatic N) is 1. The Kier molecular flexibility index (Phi) is 3.53. The second kappa shape index (κ2) is 4.91. The van der Waals surface area contributed by atoms with E-state index in [0.29, 0.717) is 5.92 Å². The van der Waals surface area contributed by atoms with Crippen LogP contribution in [0.25, 0.3) is 0 Å². The molecule has 4 heteroatoms. The minimum atomic E-state index is 0.0330. The summed E-state index contributed by atoms with van der Waals surface area (Å²) in [6.07, 6.45) is 4.48. The first-order valence-corrected chi connectivity index (χ1v) is 5.67. The predicted octanol–water partition coefficient (Wildman–Crippen LogP) is 1.32. The molecule has 1 saturated carbocycles. The van der Waals surface area contributed by atoms with Crippen LogP contribution < -0.4 is 11.3 Å². The van der Waals surface area contributed by atoms with Crippen LogP contribution in [-0.2, 0) is 4.74 Å². The fourth-order valence-corrected chi connectivity index (χ4v) is 2.07. The molecule has 0 bridgehead atoms. The lowest BCUT2D eigenvalue weighted by atomic mass is 10.00. The minimum absolute atomic E-state index is 0.0330. The van der Waals surface area contributed by atoms with Gasteiger partial charge in [0.2, 0.25) is 0 Å². The van der Waals surface area contributed by atoms with E-state index in [1.807, 2.05) is 19.2 Å². The lowest BCUT2D eigenvalue weighted by Crippen LogP contribution is -2.38. The molecule has 1 aromatic heterocycles. The number of aryl methyl sites for hydroxylation is 1. The van der Waals surface area contributed by atoms with Gasteiger partial charge in [-0.3, -0.25) is 16.3 Å². The van der Waals surface area contributed by atoms with Crippen molar-refractivity contribution in [2.75, 3.05) is 7.11 Å². The van der Waals surface area contributed by atoms with E-state index in [0.717, 1.165) is 11.3 Å². The Morgan fingerprint density at radius 1 is 1.50 bits per heavy atom. The fraction of sp³-hybridized carbons (Fsp3) is 0.583. The second-order valence-electron chi connectivity index (χ2n) is 4.41. The summed E-state index contributed by atoms with van der Waals surface area (Å²) in [4.78, 5) is 4.29. The van der Waals surface area contributed by atoms with Crippen molar-refractivity contribution in [2.45, 2.75) is 31.9 Å². The van der Waals surface area contributed by atoms with Crippen molar-refractivity contribution in [3.05, 3.63) is 29.6 Å². The van der Waals surface area contributed by atoms with E-state index in [2.05, 4.69) is 16.5 Å². The standard InChI is InChI=1S/C12H19N3O/c1-8-3-4-10(7-14-8)11(15-13)12(16-2)9-5-6-9/h3-4,7,9,11-12,15H,5-6,13H2,1-2H3. The highest BCUT2D eigenvalue weighted by molar-refractivity contribution is 5.19. The molecule has 0 aromatic carbocycles. The first-order valence-electron chi connectivity index (χ1n) is 5.67. The molecule has 0 saturated heterocycles. The van der Waals surface area contributed by atoms with Gasteiger partial charge in [0.05, 0.1) is 12.1 Å². The van der Waals surface area contributed by atoms with Crippen molar-refractivity contribution < 1.29 is 4.74 Å². The molecule has 1 fully saturated rings. The molecule has 4 nitrogen and oxygen atoms in total. The maximum Gasteiger partial charge on any atom is 0.0807 e. The highest BCUT2D eigenvalue weighted by Gasteiger charge is 2.37. The molecule has 1 aliphatic rings. The molecule has 0 radical (unpaired) electrons. The molecular formula is C12H19N3O. The summed E-state index contributed by atoms with van der Waals surface area (Å²) in [5.41, 5.74) is 4.95. The Hall–Kier alpha value is -0.970. The lowest BCUT2D eigenvalue weighted by molar-refractivity contribution is 0.0506. The molecule has 2 unspecified atom stereocenters. The third-order valence-electron chi connectivity index (χ3n) is 3.16. The molecule has 1 heterocycles. The molecule has 0 aliphatic heterocycles. The van der Waals surface area contributed by atoms with E-state index in [1.165, 1.54) is 12.8 Å². The Bertz CT molecular complexity index is 335. The maximum absolute atomic E-state index is 5.63. The normalized spacial score (nSPS) is 19.4. The van der Waals surface area contributed by atoms with Gasteiger partial charge in [-0.2, -0.15) is 0 Å². The number of rotatable bonds is 5. The SMILES string of the molecule is COC(C1CC1)C(NN)c1ccc(C)nc1. The average Bonchev–Trinajstić information content (AvgIpc) is 3.11. The van der Waals surface area contributed by atoms with Crippen molar-refractivity contribution in [3.63, 3.8) is 0 Å². The monoisotopic (exact) mass is 221 g/mol. The first kappa shape index (κ1) is 11.5. The fourth-order valence-electron chi connectivity index (χ4n) is 2.07. The van der Waals surface area contributed by atoms with Crippen LogP contribution >= 0.6 is 0 Å². The number of pyridine rings is 1. The summed E-state index contributed by atoms with van der Waals surface area (Å²) in [5, 5.41) is 0. The second-order valence-corrected chi connectivity index (χ2v) is 4.41. The number of aromatic nitrogens is 1. The van der Waals surface area contributed by atoms with Gasteiger partial charge in [-0.25, -0.2) is 0 Å². The highest BCUT2D eigenvalue weighted by atomic mass is 16.5. The zero-order chi connectivity index (χ0) is 11.5. The van der Waals surface area contributed by atoms with Crippen LogP contribution in [0.5, 0.6) is 0 Å². The molecule has 1 aromatic rings. The number of ether oxygens (including phenoxy) is 1. The summed E-state index contributed by atoms with van der Waals surface area (Å²) >= 11 is 0. The number of hydrogen-bond acceptors (Lipinski definition) is 4. The van der Waals surface area contributed by atoms with Crippen molar-refractivity contribution in [1.82, 2.24) is 10.4 Å². The van der Waals surface area contributed by atoms with Crippen molar-refractivity contribution in [2.24, 2.45) is 11.8 Å². The number of hydrazine groups is 1. The number of hydrogen-bond donors (Lipinski definition) is 2. The third kappa shape index (κ3) is 2.40. The maximum atomic E-state index is 5.63. The minimum Gasteiger partial charge on any atom is -0.379 e. The zero-order valence-electron chi connectivity index (χ0n) is 9.81. The molecule has 2 rings (SSSR count). The van der Waals surface area contributed by atoms with E-state index < -0.39 is 0 Å². The van der Waals surface area contributed by atoms with E-state index in [1.54, 1.807) is 7.11 Å². The molecule has 2 atom stereocenters. The van der Waals surface area contributed by atoms with Gasteiger partial charge in [0, 0.05) is 19.0 Å². The van der Waals surface area contributed by atoms with Crippen molar-refractivity contribution in [3.8, 4) is 0 Å². The third-order valence-corrected chi connectivity index (χ3v) is 3.16.